The highest BCUT2D eigenvalue weighted by molar-refractivity contribution is 7.91. The van der Waals surface area contributed by atoms with Crippen LogP contribution in [0.15, 0.2) is 57.4 Å². The Morgan fingerprint density at radius 1 is 1.08 bits per heavy atom. The summed E-state index contributed by atoms with van der Waals surface area (Å²) in [5, 5.41) is 14.3. The average Bonchev–Trinajstić information content (AvgIpc) is 3.24. The molecule has 8 heteroatoms. The van der Waals surface area contributed by atoms with Gasteiger partial charge in [0.25, 0.3) is 0 Å². The van der Waals surface area contributed by atoms with Crippen LogP contribution in [-0.2, 0) is 10.0 Å². The van der Waals surface area contributed by atoms with Crippen LogP contribution in [0.1, 0.15) is 11.7 Å². The van der Waals surface area contributed by atoms with E-state index in [9.17, 15) is 13.5 Å². The lowest BCUT2D eigenvalue weighted by Gasteiger charge is -2.12. The predicted molar refractivity (Wildman–Crippen MR) is 99.2 cm³/mol. The second kappa shape index (κ2) is 7.35. The Labute approximate surface area is 153 Å². The molecule has 2 aromatic heterocycles. The molecule has 0 aliphatic rings. The van der Waals surface area contributed by atoms with Gasteiger partial charge in [0, 0.05) is 6.54 Å². The maximum Gasteiger partial charge on any atom is 0.250 e. The van der Waals surface area contributed by atoms with Gasteiger partial charge in [0.2, 0.25) is 10.0 Å². The molecule has 2 N–H and O–H groups in total. The molecule has 1 atom stereocenters. The van der Waals surface area contributed by atoms with Gasteiger partial charge in [-0.3, -0.25) is 0 Å². The van der Waals surface area contributed by atoms with Gasteiger partial charge in [-0.05, 0) is 45.6 Å². The lowest BCUT2D eigenvalue weighted by molar-refractivity contribution is 0.182. The molecular weight excluding hydrogens is 386 g/mol. The number of thiophene rings is 2. The van der Waals surface area contributed by atoms with E-state index < -0.39 is 16.1 Å². The fourth-order valence-corrected chi connectivity index (χ4v) is 5.38. The maximum absolute atomic E-state index is 12.1. The van der Waals surface area contributed by atoms with E-state index in [1.807, 2.05) is 29.0 Å². The molecule has 0 amide bonds. The first-order valence-electron chi connectivity index (χ1n) is 7.01. The van der Waals surface area contributed by atoms with Crippen LogP contribution in [0.5, 0.6) is 0 Å². The third kappa shape index (κ3) is 4.05. The molecule has 24 heavy (non-hydrogen) atoms. The average molecular weight is 400 g/mol. The van der Waals surface area contributed by atoms with E-state index in [2.05, 4.69) is 4.72 Å². The minimum Gasteiger partial charge on any atom is -0.387 e. The van der Waals surface area contributed by atoms with Crippen LogP contribution in [0.3, 0.4) is 0 Å². The van der Waals surface area contributed by atoms with Crippen molar-refractivity contribution in [3.8, 4) is 11.1 Å². The minimum absolute atomic E-state index is 0.102. The van der Waals surface area contributed by atoms with Crippen LogP contribution in [0, 0.1) is 0 Å². The molecule has 0 fully saturated rings. The smallest absolute Gasteiger partial charge is 0.250 e. The topological polar surface area (TPSA) is 66.4 Å². The van der Waals surface area contributed by atoms with Crippen LogP contribution in [0.4, 0.5) is 0 Å². The van der Waals surface area contributed by atoms with E-state index >= 15 is 0 Å². The third-order valence-electron chi connectivity index (χ3n) is 3.43. The van der Waals surface area contributed by atoms with E-state index in [1.54, 1.807) is 23.5 Å². The Morgan fingerprint density at radius 3 is 2.42 bits per heavy atom. The fraction of sp³-hybridized carbons (Fsp3) is 0.125. The van der Waals surface area contributed by atoms with Crippen molar-refractivity contribution in [2.75, 3.05) is 6.54 Å². The minimum atomic E-state index is -3.66. The number of hydrogen-bond acceptors (Lipinski definition) is 5. The molecular formula is C16H14ClNO3S3. The normalized spacial score (nSPS) is 13.1. The van der Waals surface area contributed by atoms with Crippen molar-refractivity contribution < 1.29 is 13.5 Å². The van der Waals surface area contributed by atoms with Crippen molar-refractivity contribution >= 4 is 44.3 Å². The van der Waals surface area contributed by atoms with Crippen molar-refractivity contribution in [2.24, 2.45) is 0 Å². The molecule has 2 heterocycles. The van der Waals surface area contributed by atoms with E-state index in [4.69, 9.17) is 11.6 Å². The summed E-state index contributed by atoms with van der Waals surface area (Å²) in [6.07, 6.45) is -0.924. The zero-order chi connectivity index (χ0) is 17.2. The molecule has 0 radical (unpaired) electrons. The molecule has 0 saturated heterocycles. The van der Waals surface area contributed by atoms with E-state index in [0.717, 1.165) is 22.5 Å². The highest BCUT2D eigenvalue weighted by Gasteiger charge is 2.18. The monoisotopic (exact) mass is 399 g/mol. The fourth-order valence-electron chi connectivity index (χ4n) is 2.15. The number of aliphatic hydroxyl groups excluding tert-OH is 1. The van der Waals surface area contributed by atoms with Crippen LogP contribution >= 0.6 is 34.3 Å². The Kier molecular flexibility index (Phi) is 5.39. The highest BCUT2D eigenvalue weighted by atomic mass is 35.5. The Balaban J connectivity index is 1.65. The zero-order valence-corrected chi connectivity index (χ0v) is 15.6. The van der Waals surface area contributed by atoms with Crippen LogP contribution < -0.4 is 4.72 Å². The summed E-state index contributed by atoms with van der Waals surface area (Å²) in [6, 6.07) is 12.4. The maximum atomic E-state index is 12.1. The van der Waals surface area contributed by atoms with E-state index in [1.165, 1.54) is 12.1 Å². The van der Waals surface area contributed by atoms with Crippen molar-refractivity contribution in [2.45, 2.75) is 10.3 Å². The molecule has 3 aromatic rings. The lowest BCUT2D eigenvalue weighted by atomic mass is 10.0. The molecule has 0 saturated carbocycles. The molecule has 4 nitrogen and oxygen atoms in total. The standard InChI is InChI=1S/C16H14ClNO3S3/c17-15-5-6-16(23-15)24(20,21)18-9-14(19)12-3-1-11(2-4-12)13-7-8-22-10-13/h1-8,10,14,18-19H,9H2. The van der Waals surface area contributed by atoms with Gasteiger partial charge in [0.15, 0.2) is 0 Å². The summed E-state index contributed by atoms with van der Waals surface area (Å²) in [4.78, 5) is 0. The van der Waals surface area contributed by atoms with Crippen molar-refractivity contribution in [1.29, 1.82) is 0 Å². The SMILES string of the molecule is O=S(=O)(NCC(O)c1ccc(-c2ccsc2)cc1)c1ccc(Cl)s1. The van der Waals surface area contributed by atoms with Gasteiger partial charge in [-0.25, -0.2) is 13.1 Å². The first-order chi connectivity index (χ1) is 11.5. The second-order valence-electron chi connectivity index (χ2n) is 5.06. The number of sulfonamides is 1. The number of hydrogen-bond donors (Lipinski definition) is 2. The van der Waals surface area contributed by atoms with Gasteiger partial charge in [0.05, 0.1) is 10.4 Å². The van der Waals surface area contributed by atoms with Crippen molar-refractivity contribution in [3.05, 3.63) is 63.1 Å². The molecule has 1 unspecified atom stereocenters. The van der Waals surface area contributed by atoms with Crippen molar-refractivity contribution in [1.82, 2.24) is 4.72 Å². The molecule has 0 bridgehead atoms. The number of benzene rings is 1. The van der Waals surface area contributed by atoms with Crippen molar-refractivity contribution in [3.63, 3.8) is 0 Å². The predicted octanol–water partition coefficient (Wildman–Crippen LogP) is 4.14. The summed E-state index contributed by atoms with van der Waals surface area (Å²) in [5.41, 5.74) is 2.83. The number of rotatable bonds is 6. The number of nitrogens with one attached hydrogen (secondary N) is 1. The molecule has 3 rings (SSSR count). The van der Waals surface area contributed by atoms with Gasteiger partial charge in [0.1, 0.15) is 4.21 Å². The Hall–Kier alpha value is -1.22. The Morgan fingerprint density at radius 2 is 1.83 bits per heavy atom. The van der Waals surface area contributed by atoms with E-state index in [0.29, 0.717) is 9.90 Å². The molecule has 1 aromatic carbocycles. The van der Waals surface area contributed by atoms with Crippen LogP contribution in [-0.4, -0.2) is 20.1 Å². The summed E-state index contributed by atoms with van der Waals surface area (Å²) in [5.74, 6) is 0. The summed E-state index contributed by atoms with van der Waals surface area (Å²) in [7, 11) is -3.66. The zero-order valence-electron chi connectivity index (χ0n) is 12.3. The van der Waals surface area contributed by atoms with Gasteiger partial charge >= 0.3 is 0 Å². The van der Waals surface area contributed by atoms with E-state index in [-0.39, 0.29) is 10.8 Å². The lowest BCUT2D eigenvalue weighted by Crippen LogP contribution is -2.28. The highest BCUT2D eigenvalue weighted by Crippen LogP contribution is 2.26. The molecule has 0 spiro atoms. The van der Waals surface area contributed by atoms with Gasteiger partial charge in [-0.1, -0.05) is 35.9 Å². The van der Waals surface area contributed by atoms with Gasteiger partial charge in [-0.15, -0.1) is 11.3 Å². The first-order valence-corrected chi connectivity index (χ1v) is 10.6. The Bertz CT molecular complexity index is 902. The number of aliphatic hydroxyl groups is 1. The summed E-state index contributed by atoms with van der Waals surface area (Å²) in [6.45, 7) is -0.102. The largest absolute Gasteiger partial charge is 0.387 e. The molecule has 126 valence electrons. The summed E-state index contributed by atoms with van der Waals surface area (Å²) >= 11 is 8.36. The molecule has 0 aliphatic heterocycles. The van der Waals surface area contributed by atoms with Gasteiger partial charge in [-0.2, -0.15) is 11.3 Å². The molecule has 0 aliphatic carbocycles. The second-order valence-corrected chi connectivity index (χ2v) is 9.55. The van der Waals surface area contributed by atoms with Crippen LogP contribution in [0.2, 0.25) is 4.34 Å². The van der Waals surface area contributed by atoms with Gasteiger partial charge < -0.3 is 5.11 Å². The third-order valence-corrected chi connectivity index (χ3v) is 7.26. The summed E-state index contributed by atoms with van der Waals surface area (Å²) < 4.78 is 27.2. The first kappa shape index (κ1) is 17.6. The quantitative estimate of drug-likeness (QED) is 0.654. The number of halogens is 1. The van der Waals surface area contributed by atoms with Crippen LogP contribution in [0.25, 0.3) is 11.1 Å².